The first-order valence-corrected chi connectivity index (χ1v) is 8.04. The van der Waals surface area contributed by atoms with Crippen LogP contribution in [0.3, 0.4) is 0 Å². The van der Waals surface area contributed by atoms with Crippen molar-refractivity contribution in [2.45, 2.75) is 43.4 Å². The van der Waals surface area contributed by atoms with Gasteiger partial charge in [-0.05, 0) is 41.7 Å². The normalized spacial score (nSPS) is 12.7. The van der Waals surface area contributed by atoms with Crippen LogP contribution in [0, 0.1) is 0 Å². The largest absolute Gasteiger partial charge is 0.389 e. The van der Waals surface area contributed by atoms with Crippen LogP contribution in [-0.2, 0) is 5.75 Å². The van der Waals surface area contributed by atoms with Crippen molar-refractivity contribution in [1.29, 1.82) is 0 Å². The van der Waals surface area contributed by atoms with Crippen LogP contribution in [0.25, 0.3) is 0 Å². The lowest BCUT2D eigenvalue weighted by Crippen LogP contribution is -1.90. The molecule has 1 nitrogen and oxygen atoms in total. The Bertz CT molecular complexity index is 475. The second kappa shape index (κ2) is 6.96. The molecule has 0 aromatic heterocycles. The number of thioether (sulfide) groups is 1. The zero-order valence-electron chi connectivity index (χ0n) is 12.3. The number of hydrogen-bond donors (Lipinski definition) is 1. The summed E-state index contributed by atoms with van der Waals surface area (Å²) >= 11 is 1.83. The fourth-order valence-corrected chi connectivity index (χ4v) is 2.86. The average molecular weight is 286 g/mol. The molecule has 0 radical (unpaired) electrons. The van der Waals surface area contributed by atoms with Crippen molar-refractivity contribution < 1.29 is 5.11 Å². The van der Waals surface area contributed by atoms with Gasteiger partial charge in [0.2, 0.25) is 0 Å². The molecule has 1 unspecified atom stereocenters. The van der Waals surface area contributed by atoms with Gasteiger partial charge in [0, 0.05) is 10.6 Å². The van der Waals surface area contributed by atoms with E-state index in [-0.39, 0.29) is 0 Å². The number of aliphatic hydroxyl groups excluding tert-OH is 1. The molecule has 0 saturated carbocycles. The third kappa shape index (κ3) is 4.12. The molecule has 2 aromatic carbocycles. The summed E-state index contributed by atoms with van der Waals surface area (Å²) in [4.78, 5) is 1.24. The molecule has 20 heavy (non-hydrogen) atoms. The van der Waals surface area contributed by atoms with E-state index in [0.29, 0.717) is 5.92 Å². The van der Waals surface area contributed by atoms with Gasteiger partial charge in [-0.3, -0.25) is 0 Å². The van der Waals surface area contributed by atoms with E-state index in [4.69, 9.17) is 0 Å². The van der Waals surface area contributed by atoms with Crippen molar-refractivity contribution in [3.63, 3.8) is 0 Å². The minimum absolute atomic E-state index is 0.391. The highest BCUT2D eigenvalue weighted by Crippen LogP contribution is 2.25. The standard InChI is InChI=1S/C18H22OS/c1-13(2)16-6-4-15(5-7-16)12-20-18-10-8-17(9-11-18)14(3)19/h4-11,13-14,19H,12H2,1-3H3. The lowest BCUT2D eigenvalue weighted by Gasteiger charge is -2.08. The van der Waals surface area contributed by atoms with Crippen LogP contribution in [-0.4, -0.2) is 5.11 Å². The van der Waals surface area contributed by atoms with Gasteiger partial charge in [-0.1, -0.05) is 50.2 Å². The van der Waals surface area contributed by atoms with Crippen molar-refractivity contribution in [2.75, 3.05) is 0 Å². The van der Waals surface area contributed by atoms with E-state index in [1.54, 1.807) is 6.92 Å². The molecule has 2 rings (SSSR count). The van der Waals surface area contributed by atoms with Gasteiger partial charge in [-0.25, -0.2) is 0 Å². The van der Waals surface area contributed by atoms with Crippen molar-refractivity contribution in [3.05, 3.63) is 65.2 Å². The molecule has 0 aliphatic rings. The lowest BCUT2D eigenvalue weighted by molar-refractivity contribution is 0.199. The summed E-state index contributed by atoms with van der Waals surface area (Å²) in [5.74, 6) is 1.57. The molecular weight excluding hydrogens is 264 g/mol. The number of rotatable bonds is 5. The summed E-state index contributed by atoms with van der Waals surface area (Å²) in [5.41, 5.74) is 3.70. The SMILES string of the molecule is CC(C)c1ccc(CSc2ccc(C(C)O)cc2)cc1. The van der Waals surface area contributed by atoms with E-state index in [9.17, 15) is 5.11 Å². The monoisotopic (exact) mass is 286 g/mol. The van der Waals surface area contributed by atoms with Crippen molar-refractivity contribution in [3.8, 4) is 0 Å². The minimum Gasteiger partial charge on any atom is -0.389 e. The Labute approximate surface area is 126 Å². The molecule has 0 aliphatic heterocycles. The molecule has 1 atom stereocenters. The maximum absolute atomic E-state index is 9.49. The van der Waals surface area contributed by atoms with Crippen molar-refractivity contribution in [1.82, 2.24) is 0 Å². The summed E-state index contributed by atoms with van der Waals surface area (Å²) < 4.78 is 0. The smallest absolute Gasteiger partial charge is 0.0761 e. The zero-order chi connectivity index (χ0) is 14.5. The minimum atomic E-state index is -0.391. The Kier molecular flexibility index (Phi) is 5.27. The second-order valence-corrected chi connectivity index (χ2v) is 6.48. The Morgan fingerprint density at radius 1 is 0.850 bits per heavy atom. The number of aliphatic hydroxyl groups is 1. The van der Waals surface area contributed by atoms with Crippen LogP contribution in [0.5, 0.6) is 0 Å². The first-order valence-electron chi connectivity index (χ1n) is 7.06. The van der Waals surface area contributed by atoms with Crippen LogP contribution in [0.4, 0.5) is 0 Å². The van der Waals surface area contributed by atoms with Crippen LogP contribution in [0.1, 0.15) is 49.5 Å². The maximum atomic E-state index is 9.49. The molecule has 0 aliphatic carbocycles. The van der Waals surface area contributed by atoms with Crippen LogP contribution in [0.15, 0.2) is 53.4 Å². The van der Waals surface area contributed by atoms with Gasteiger partial charge in [0.25, 0.3) is 0 Å². The quantitative estimate of drug-likeness (QED) is 0.766. The van der Waals surface area contributed by atoms with Gasteiger partial charge in [0.1, 0.15) is 0 Å². The van der Waals surface area contributed by atoms with Gasteiger partial charge in [-0.2, -0.15) is 0 Å². The molecule has 106 valence electrons. The highest BCUT2D eigenvalue weighted by molar-refractivity contribution is 7.98. The van der Waals surface area contributed by atoms with Gasteiger partial charge < -0.3 is 5.11 Å². The van der Waals surface area contributed by atoms with E-state index in [1.165, 1.54) is 16.0 Å². The van der Waals surface area contributed by atoms with E-state index < -0.39 is 6.10 Å². The van der Waals surface area contributed by atoms with Crippen LogP contribution < -0.4 is 0 Å². The van der Waals surface area contributed by atoms with Crippen LogP contribution >= 0.6 is 11.8 Å². The summed E-state index contributed by atoms with van der Waals surface area (Å²) in [6.45, 7) is 6.22. The first-order chi connectivity index (χ1) is 9.56. The van der Waals surface area contributed by atoms with Crippen molar-refractivity contribution >= 4 is 11.8 Å². The summed E-state index contributed by atoms with van der Waals surface area (Å²) in [6.07, 6.45) is -0.391. The highest BCUT2D eigenvalue weighted by Gasteiger charge is 2.02. The number of benzene rings is 2. The second-order valence-electron chi connectivity index (χ2n) is 5.43. The summed E-state index contributed by atoms with van der Waals surface area (Å²) in [5, 5.41) is 9.49. The molecule has 2 heteroatoms. The first kappa shape index (κ1) is 15.1. The van der Waals surface area contributed by atoms with E-state index in [2.05, 4.69) is 50.2 Å². The molecule has 0 fully saturated rings. The molecule has 0 spiro atoms. The third-order valence-corrected chi connectivity index (χ3v) is 4.50. The predicted octanol–water partition coefficient (Wildman–Crippen LogP) is 5.16. The third-order valence-electron chi connectivity index (χ3n) is 3.41. The van der Waals surface area contributed by atoms with Gasteiger partial charge in [-0.15, -0.1) is 11.8 Å². The average Bonchev–Trinajstić information content (AvgIpc) is 2.46. The maximum Gasteiger partial charge on any atom is 0.0761 e. The van der Waals surface area contributed by atoms with E-state index in [1.807, 2.05) is 23.9 Å². The highest BCUT2D eigenvalue weighted by atomic mass is 32.2. The Morgan fingerprint density at radius 3 is 1.90 bits per heavy atom. The zero-order valence-corrected chi connectivity index (χ0v) is 13.2. The summed E-state index contributed by atoms with van der Waals surface area (Å²) in [6, 6.07) is 17.0. The van der Waals surface area contributed by atoms with Gasteiger partial charge in [0.15, 0.2) is 0 Å². The van der Waals surface area contributed by atoms with Crippen LogP contribution in [0.2, 0.25) is 0 Å². The van der Waals surface area contributed by atoms with Gasteiger partial charge in [0.05, 0.1) is 6.10 Å². The molecule has 0 saturated heterocycles. The van der Waals surface area contributed by atoms with Crippen molar-refractivity contribution in [2.24, 2.45) is 0 Å². The fraction of sp³-hybridized carbons (Fsp3) is 0.333. The molecule has 0 bridgehead atoms. The van der Waals surface area contributed by atoms with E-state index in [0.717, 1.165) is 11.3 Å². The topological polar surface area (TPSA) is 20.2 Å². The number of hydrogen-bond acceptors (Lipinski definition) is 2. The summed E-state index contributed by atoms with van der Waals surface area (Å²) in [7, 11) is 0. The molecule has 0 heterocycles. The Hall–Kier alpha value is -1.25. The Balaban J connectivity index is 1.94. The molecule has 1 N–H and O–H groups in total. The molecular formula is C18H22OS. The Morgan fingerprint density at radius 2 is 1.40 bits per heavy atom. The molecule has 0 amide bonds. The predicted molar refractivity (Wildman–Crippen MR) is 87.2 cm³/mol. The molecule has 2 aromatic rings. The van der Waals surface area contributed by atoms with Gasteiger partial charge >= 0.3 is 0 Å². The lowest BCUT2D eigenvalue weighted by atomic mass is 10.0. The fourth-order valence-electron chi connectivity index (χ4n) is 2.01. The van der Waals surface area contributed by atoms with E-state index >= 15 is 0 Å².